The van der Waals surface area contributed by atoms with Gasteiger partial charge in [-0.05, 0) is 6.92 Å². The van der Waals surface area contributed by atoms with Crippen LogP contribution in [0.4, 0.5) is 0 Å². The second-order valence-electron chi connectivity index (χ2n) is 4.37. The first-order valence-electron chi connectivity index (χ1n) is 5.55. The average molecular weight is 259 g/mol. The number of aromatic nitrogens is 1. The SMILES string of the molecule is Cc1cc(CN2CCN(S(C)(=O)=O)CC2)no1. The summed E-state index contributed by atoms with van der Waals surface area (Å²) in [5.74, 6) is 0.801. The molecule has 2 heterocycles. The maximum Gasteiger partial charge on any atom is 0.211 e. The standard InChI is InChI=1S/C10H17N3O3S/c1-9-7-10(11-16-9)8-12-3-5-13(6-4-12)17(2,14)15/h7H,3-6,8H2,1-2H3. The van der Waals surface area contributed by atoms with E-state index >= 15 is 0 Å². The van der Waals surface area contributed by atoms with Gasteiger partial charge in [-0.1, -0.05) is 5.16 Å². The molecule has 0 aromatic carbocycles. The van der Waals surface area contributed by atoms with E-state index < -0.39 is 10.0 Å². The summed E-state index contributed by atoms with van der Waals surface area (Å²) in [5.41, 5.74) is 0.898. The summed E-state index contributed by atoms with van der Waals surface area (Å²) in [7, 11) is -3.05. The van der Waals surface area contributed by atoms with Gasteiger partial charge in [0.2, 0.25) is 10.0 Å². The second kappa shape index (κ2) is 4.75. The molecule has 0 amide bonds. The Labute approximate surface area is 101 Å². The molecular formula is C10H17N3O3S. The first kappa shape index (κ1) is 12.5. The van der Waals surface area contributed by atoms with Crippen LogP contribution < -0.4 is 0 Å². The Morgan fingerprint density at radius 2 is 2.00 bits per heavy atom. The molecule has 7 heteroatoms. The fourth-order valence-corrected chi connectivity index (χ4v) is 2.77. The first-order valence-corrected chi connectivity index (χ1v) is 7.39. The molecule has 6 nitrogen and oxygen atoms in total. The lowest BCUT2D eigenvalue weighted by molar-refractivity contribution is 0.178. The molecule has 17 heavy (non-hydrogen) atoms. The molecular weight excluding hydrogens is 242 g/mol. The van der Waals surface area contributed by atoms with E-state index in [0.29, 0.717) is 13.1 Å². The highest BCUT2D eigenvalue weighted by atomic mass is 32.2. The molecule has 0 bridgehead atoms. The lowest BCUT2D eigenvalue weighted by atomic mass is 10.3. The van der Waals surface area contributed by atoms with Gasteiger partial charge in [0.25, 0.3) is 0 Å². The van der Waals surface area contributed by atoms with E-state index in [1.54, 1.807) is 0 Å². The van der Waals surface area contributed by atoms with Gasteiger partial charge in [-0.15, -0.1) is 0 Å². The van der Waals surface area contributed by atoms with Crippen molar-refractivity contribution in [1.82, 2.24) is 14.4 Å². The van der Waals surface area contributed by atoms with Gasteiger partial charge in [-0.2, -0.15) is 4.31 Å². The normalized spacial score (nSPS) is 19.6. The fourth-order valence-electron chi connectivity index (χ4n) is 1.94. The minimum atomic E-state index is -3.05. The van der Waals surface area contributed by atoms with Crippen molar-refractivity contribution in [3.8, 4) is 0 Å². The van der Waals surface area contributed by atoms with E-state index in [1.165, 1.54) is 10.6 Å². The smallest absolute Gasteiger partial charge is 0.211 e. The minimum absolute atomic E-state index is 0.551. The summed E-state index contributed by atoms with van der Waals surface area (Å²) in [4.78, 5) is 2.18. The Balaban J connectivity index is 1.87. The molecule has 1 aromatic heterocycles. The molecule has 0 atom stereocenters. The molecule has 0 aliphatic carbocycles. The van der Waals surface area contributed by atoms with Crippen LogP contribution in [0, 0.1) is 6.92 Å². The molecule has 0 radical (unpaired) electrons. The van der Waals surface area contributed by atoms with Crippen LogP contribution in [0.1, 0.15) is 11.5 Å². The highest BCUT2D eigenvalue weighted by Gasteiger charge is 2.23. The molecule has 2 rings (SSSR count). The topological polar surface area (TPSA) is 66.7 Å². The molecule has 1 fully saturated rings. The van der Waals surface area contributed by atoms with Crippen molar-refractivity contribution in [2.75, 3.05) is 32.4 Å². The van der Waals surface area contributed by atoms with Gasteiger partial charge in [-0.3, -0.25) is 4.90 Å². The van der Waals surface area contributed by atoms with Crippen molar-refractivity contribution in [3.05, 3.63) is 17.5 Å². The third-order valence-corrected chi connectivity index (χ3v) is 4.17. The van der Waals surface area contributed by atoms with Gasteiger partial charge in [-0.25, -0.2) is 8.42 Å². The fraction of sp³-hybridized carbons (Fsp3) is 0.700. The zero-order chi connectivity index (χ0) is 12.5. The molecule has 96 valence electrons. The second-order valence-corrected chi connectivity index (χ2v) is 6.35. The van der Waals surface area contributed by atoms with Crippen LogP contribution in [0.3, 0.4) is 0 Å². The summed E-state index contributed by atoms with van der Waals surface area (Å²) in [6, 6.07) is 1.91. The molecule has 0 N–H and O–H groups in total. The highest BCUT2D eigenvalue weighted by molar-refractivity contribution is 7.88. The van der Waals surface area contributed by atoms with Gasteiger partial charge in [0.15, 0.2) is 0 Å². The minimum Gasteiger partial charge on any atom is -0.361 e. The Bertz CT molecular complexity index is 475. The largest absolute Gasteiger partial charge is 0.361 e. The highest BCUT2D eigenvalue weighted by Crippen LogP contribution is 2.10. The van der Waals surface area contributed by atoms with Gasteiger partial charge in [0.1, 0.15) is 5.76 Å². The van der Waals surface area contributed by atoms with E-state index in [0.717, 1.165) is 31.1 Å². The third kappa shape index (κ3) is 3.27. The first-order chi connectivity index (χ1) is 7.95. The van der Waals surface area contributed by atoms with Gasteiger partial charge >= 0.3 is 0 Å². The number of aryl methyl sites for hydroxylation is 1. The number of sulfonamides is 1. The number of hydrogen-bond donors (Lipinski definition) is 0. The van der Waals surface area contributed by atoms with Crippen LogP contribution in [0.25, 0.3) is 0 Å². The summed E-state index contributed by atoms with van der Waals surface area (Å²) in [5, 5.41) is 3.93. The predicted molar refractivity (Wildman–Crippen MR) is 62.9 cm³/mol. The zero-order valence-corrected chi connectivity index (χ0v) is 10.9. The molecule has 0 spiro atoms. The number of piperazine rings is 1. The third-order valence-electron chi connectivity index (χ3n) is 2.86. The molecule has 0 unspecified atom stereocenters. The summed E-state index contributed by atoms with van der Waals surface area (Å²) in [6.07, 6.45) is 1.25. The van der Waals surface area contributed by atoms with Crippen molar-refractivity contribution >= 4 is 10.0 Å². The van der Waals surface area contributed by atoms with Crippen molar-refractivity contribution in [3.63, 3.8) is 0 Å². The summed E-state index contributed by atoms with van der Waals surface area (Å²) in [6.45, 7) is 5.15. The summed E-state index contributed by atoms with van der Waals surface area (Å²) >= 11 is 0. The maximum atomic E-state index is 11.3. The Hall–Kier alpha value is -0.920. The van der Waals surface area contributed by atoms with Crippen molar-refractivity contribution in [2.45, 2.75) is 13.5 Å². The number of hydrogen-bond acceptors (Lipinski definition) is 5. The average Bonchev–Trinajstić information content (AvgIpc) is 2.63. The number of nitrogens with zero attached hydrogens (tertiary/aromatic N) is 3. The summed E-state index contributed by atoms with van der Waals surface area (Å²) < 4.78 is 29.2. The molecule has 1 aliphatic rings. The van der Waals surface area contributed by atoms with E-state index in [2.05, 4.69) is 10.1 Å². The van der Waals surface area contributed by atoms with Gasteiger partial charge in [0.05, 0.1) is 11.9 Å². The van der Waals surface area contributed by atoms with Gasteiger partial charge < -0.3 is 4.52 Å². The van der Waals surface area contributed by atoms with Crippen LogP contribution in [0.2, 0.25) is 0 Å². The van der Waals surface area contributed by atoms with Gasteiger partial charge in [0, 0.05) is 38.8 Å². The molecule has 1 aliphatic heterocycles. The van der Waals surface area contributed by atoms with Crippen LogP contribution in [0.15, 0.2) is 10.6 Å². The Morgan fingerprint density at radius 3 is 2.47 bits per heavy atom. The lowest BCUT2D eigenvalue weighted by Crippen LogP contribution is -2.47. The Morgan fingerprint density at radius 1 is 1.35 bits per heavy atom. The van der Waals surface area contributed by atoms with Crippen LogP contribution >= 0.6 is 0 Å². The van der Waals surface area contributed by atoms with Crippen molar-refractivity contribution in [1.29, 1.82) is 0 Å². The monoisotopic (exact) mass is 259 g/mol. The molecule has 0 saturated carbocycles. The van der Waals surface area contributed by atoms with Crippen molar-refractivity contribution in [2.24, 2.45) is 0 Å². The zero-order valence-electron chi connectivity index (χ0n) is 10.1. The molecule has 1 aromatic rings. The van der Waals surface area contributed by atoms with Crippen LogP contribution in [-0.2, 0) is 16.6 Å². The van der Waals surface area contributed by atoms with E-state index in [4.69, 9.17) is 4.52 Å². The van der Waals surface area contributed by atoms with E-state index in [1.807, 2.05) is 13.0 Å². The Kier molecular flexibility index (Phi) is 3.50. The van der Waals surface area contributed by atoms with Crippen LogP contribution in [0.5, 0.6) is 0 Å². The van der Waals surface area contributed by atoms with E-state index in [9.17, 15) is 8.42 Å². The molecule has 1 saturated heterocycles. The lowest BCUT2D eigenvalue weighted by Gasteiger charge is -2.32. The maximum absolute atomic E-state index is 11.3. The number of rotatable bonds is 3. The van der Waals surface area contributed by atoms with E-state index in [-0.39, 0.29) is 0 Å². The predicted octanol–water partition coefficient (Wildman–Crippen LogP) is 0.0602. The van der Waals surface area contributed by atoms with Crippen LogP contribution in [-0.4, -0.2) is 55.2 Å². The van der Waals surface area contributed by atoms with Crippen molar-refractivity contribution < 1.29 is 12.9 Å². The quantitative estimate of drug-likeness (QED) is 0.768.